The number of hydrogen-bond acceptors (Lipinski definition) is 6. The number of oxime groups is 1. The number of benzene rings is 1. The Kier molecular flexibility index (Phi) is 6.10. The minimum atomic E-state index is -0.520. The van der Waals surface area contributed by atoms with E-state index in [4.69, 9.17) is 15.7 Å². The number of thioether (sulfide) groups is 1. The average molecular weight is 285 g/mol. The van der Waals surface area contributed by atoms with Gasteiger partial charge in [0.1, 0.15) is 0 Å². The third kappa shape index (κ3) is 4.42. The lowest BCUT2D eigenvalue weighted by Crippen LogP contribution is -2.14. The summed E-state index contributed by atoms with van der Waals surface area (Å²) in [6.45, 7) is 0.638. The molecule has 0 saturated heterocycles. The Morgan fingerprint density at radius 1 is 1.63 bits per heavy atom. The summed E-state index contributed by atoms with van der Waals surface area (Å²) in [5.41, 5.74) is 5.80. The van der Waals surface area contributed by atoms with Gasteiger partial charge in [0.25, 0.3) is 5.69 Å². The Morgan fingerprint density at radius 3 is 2.95 bits per heavy atom. The highest BCUT2D eigenvalue weighted by molar-refractivity contribution is 7.99. The number of nitro groups is 1. The Labute approximate surface area is 114 Å². The van der Waals surface area contributed by atoms with Crippen LogP contribution in [0.1, 0.15) is 12.0 Å². The first-order chi connectivity index (χ1) is 9.10. The van der Waals surface area contributed by atoms with E-state index in [9.17, 15) is 10.1 Å². The lowest BCUT2D eigenvalue weighted by Gasteiger charge is -2.07. The van der Waals surface area contributed by atoms with E-state index in [1.165, 1.54) is 23.9 Å². The Morgan fingerprint density at radius 2 is 2.37 bits per heavy atom. The Hall–Kier alpha value is -1.80. The number of amidine groups is 1. The molecular formula is C11H15N3O4S. The number of methoxy groups -OCH3 is 1. The molecule has 1 aromatic carbocycles. The molecule has 0 aliphatic rings. The van der Waals surface area contributed by atoms with E-state index < -0.39 is 4.92 Å². The topological polar surface area (TPSA) is 111 Å². The second-order valence-corrected chi connectivity index (χ2v) is 4.75. The van der Waals surface area contributed by atoms with E-state index in [1.807, 2.05) is 0 Å². The summed E-state index contributed by atoms with van der Waals surface area (Å²) in [7, 11) is 1.62. The van der Waals surface area contributed by atoms with Crippen LogP contribution in [0, 0.1) is 10.1 Å². The molecular weight excluding hydrogens is 270 g/mol. The number of ether oxygens (including phenoxy) is 1. The standard InChI is InChI=1S/C11H15N3O4S/c1-18-5-2-6-19-10-4-3-8(14(16)17)7-9(10)11(12)13-15/h3-4,7,15H,2,5-6H2,1H3,(H2,12,13). The van der Waals surface area contributed by atoms with Crippen molar-refractivity contribution >= 4 is 23.3 Å². The molecule has 1 aromatic rings. The fraction of sp³-hybridized carbons (Fsp3) is 0.364. The van der Waals surface area contributed by atoms with E-state index in [0.29, 0.717) is 12.2 Å². The van der Waals surface area contributed by atoms with Crippen LogP contribution >= 0.6 is 11.8 Å². The number of nitrogens with two attached hydrogens (primary N) is 1. The maximum absolute atomic E-state index is 10.7. The number of rotatable bonds is 7. The van der Waals surface area contributed by atoms with Crippen molar-refractivity contribution in [2.45, 2.75) is 11.3 Å². The molecule has 0 fully saturated rings. The van der Waals surface area contributed by atoms with Gasteiger partial charge in [-0.3, -0.25) is 10.1 Å². The van der Waals surface area contributed by atoms with E-state index in [2.05, 4.69) is 5.16 Å². The molecule has 0 aliphatic heterocycles. The van der Waals surface area contributed by atoms with Crippen molar-refractivity contribution < 1.29 is 14.9 Å². The van der Waals surface area contributed by atoms with Crippen LogP contribution in [-0.4, -0.2) is 35.4 Å². The summed E-state index contributed by atoms with van der Waals surface area (Å²) < 4.78 is 4.94. The summed E-state index contributed by atoms with van der Waals surface area (Å²) in [4.78, 5) is 10.9. The number of nitrogens with zero attached hydrogens (tertiary/aromatic N) is 2. The van der Waals surface area contributed by atoms with Crippen LogP contribution in [0.4, 0.5) is 5.69 Å². The van der Waals surface area contributed by atoms with Gasteiger partial charge in [0.2, 0.25) is 0 Å². The van der Waals surface area contributed by atoms with Gasteiger partial charge < -0.3 is 15.7 Å². The van der Waals surface area contributed by atoms with Crippen molar-refractivity contribution in [2.24, 2.45) is 10.9 Å². The maximum Gasteiger partial charge on any atom is 0.270 e. The smallest absolute Gasteiger partial charge is 0.270 e. The first-order valence-electron chi connectivity index (χ1n) is 5.48. The fourth-order valence-electron chi connectivity index (χ4n) is 1.40. The molecule has 0 amide bonds. The van der Waals surface area contributed by atoms with Crippen molar-refractivity contribution in [2.75, 3.05) is 19.5 Å². The third-order valence-corrected chi connectivity index (χ3v) is 3.47. The molecule has 0 unspecified atom stereocenters. The zero-order valence-electron chi connectivity index (χ0n) is 10.4. The normalized spacial score (nSPS) is 11.5. The fourth-order valence-corrected chi connectivity index (χ4v) is 2.36. The van der Waals surface area contributed by atoms with Crippen LogP contribution in [-0.2, 0) is 4.74 Å². The quantitative estimate of drug-likeness (QED) is 0.150. The highest BCUT2D eigenvalue weighted by atomic mass is 32.2. The first-order valence-corrected chi connectivity index (χ1v) is 6.46. The van der Waals surface area contributed by atoms with Crippen molar-refractivity contribution in [3.63, 3.8) is 0 Å². The average Bonchev–Trinajstić information content (AvgIpc) is 2.42. The largest absolute Gasteiger partial charge is 0.409 e. The van der Waals surface area contributed by atoms with E-state index in [0.717, 1.165) is 17.1 Å². The van der Waals surface area contributed by atoms with Gasteiger partial charge in [0.05, 0.1) is 4.92 Å². The maximum atomic E-state index is 10.7. The molecule has 0 saturated carbocycles. The number of nitro benzene ring substituents is 1. The van der Waals surface area contributed by atoms with Crippen molar-refractivity contribution in [3.8, 4) is 0 Å². The summed E-state index contributed by atoms with van der Waals surface area (Å²) in [5.74, 6) is 0.634. The minimum Gasteiger partial charge on any atom is -0.409 e. The minimum absolute atomic E-state index is 0.0946. The molecule has 0 spiro atoms. The molecule has 3 N–H and O–H groups in total. The van der Waals surface area contributed by atoms with Crippen LogP contribution in [0.3, 0.4) is 0 Å². The van der Waals surface area contributed by atoms with Crippen molar-refractivity contribution in [3.05, 3.63) is 33.9 Å². The molecule has 0 aliphatic carbocycles. The molecule has 0 atom stereocenters. The van der Waals surface area contributed by atoms with Gasteiger partial charge in [-0.1, -0.05) is 5.16 Å². The SMILES string of the molecule is COCCCSc1ccc([N+](=O)[O-])cc1C(N)=NO. The molecule has 0 aromatic heterocycles. The highest BCUT2D eigenvalue weighted by Gasteiger charge is 2.14. The molecule has 19 heavy (non-hydrogen) atoms. The van der Waals surface area contributed by atoms with E-state index in [-0.39, 0.29) is 11.5 Å². The molecule has 0 radical (unpaired) electrons. The first kappa shape index (κ1) is 15.3. The second-order valence-electron chi connectivity index (χ2n) is 3.62. The highest BCUT2D eigenvalue weighted by Crippen LogP contribution is 2.27. The predicted octanol–water partition coefficient (Wildman–Crippen LogP) is 1.82. The Bertz CT molecular complexity index is 479. The van der Waals surface area contributed by atoms with Crippen molar-refractivity contribution in [1.82, 2.24) is 0 Å². The van der Waals surface area contributed by atoms with E-state index >= 15 is 0 Å². The van der Waals surface area contributed by atoms with Gasteiger partial charge in [-0.15, -0.1) is 11.8 Å². The summed E-state index contributed by atoms with van der Waals surface area (Å²) in [6, 6.07) is 4.30. The van der Waals surface area contributed by atoms with Gasteiger partial charge in [-0.05, 0) is 12.5 Å². The summed E-state index contributed by atoms with van der Waals surface area (Å²) in [5, 5.41) is 22.3. The van der Waals surface area contributed by atoms with E-state index in [1.54, 1.807) is 13.2 Å². The molecule has 8 heteroatoms. The van der Waals surface area contributed by atoms with Crippen LogP contribution in [0.2, 0.25) is 0 Å². The lowest BCUT2D eigenvalue weighted by atomic mass is 10.2. The van der Waals surface area contributed by atoms with Crippen LogP contribution in [0.5, 0.6) is 0 Å². The molecule has 0 bridgehead atoms. The summed E-state index contributed by atoms with van der Waals surface area (Å²) in [6.07, 6.45) is 0.841. The van der Waals surface area contributed by atoms with Gasteiger partial charge in [-0.25, -0.2) is 0 Å². The zero-order chi connectivity index (χ0) is 14.3. The third-order valence-electron chi connectivity index (χ3n) is 2.31. The second kappa shape index (κ2) is 7.59. The summed E-state index contributed by atoms with van der Waals surface area (Å²) >= 11 is 1.48. The zero-order valence-corrected chi connectivity index (χ0v) is 11.2. The van der Waals surface area contributed by atoms with Gasteiger partial charge in [-0.2, -0.15) is 0 Å². The van der Waals surface area contributed by atoms with Crippen LogP contribution in [0.25, 0.3) is 0 Å². The predicted molar refractivity (Wildman–Crippen MR) is 72.8 cm³/mol. The van der Waals surface area contributed by atoms with Gasteiger partial charge in [0, 0.05) is 42.1 Å². The van der Waals surface area contributed by atoms with Gasteiger partial charge >= 0.3 is 0 Å². The molecule has 104 valence electrons. The number of non-ortho nitro benzene ring substituents is 1. The van der Waals surface area contributed by atoms with Crippen molar-refractivity contribution in [1.29, 1.82) is 0 Å². The molecule has 7 nitrogen and oxygen atoms in total. The molecule has 0 heterocycles. The lowest BCUT2D eigenvalue weighted by molar-refractivity contribution is -0.384. The van der Waals surface area contributed by atoms with Crippen LogP contribution < -0.4 is 5.73 Å². The monoisotopic (exact) mass is 285 g/mol. The number of hydrogen-bond donors (Lipinski definition) is 2. The van der Waals surface area contributed by atoms with Gasteiger partial charge in [0.15, 0.2) is 5.84 Å². The Balaban J connectivity index is 2.93. The van der Waals surface area contributed by atoms with Crippen LogP contribution in [0.15, 0.2) is 28.3 Å². The molecule has 1 rings (SSSR count).